The van der Waals surface area contributed by atoms with Gasteiger partial charge in [-0.25, -0.2) is 4.79 Å². The van der Waals surface area contributed by atoms with Crippen LogP contribution in [0.25, 0.3) is 0 Å². The van der Waals surface area contributed by atoms with Crippen LogP contribution in [0.4, 0.5) is 0 Å². The third-order valence-corrected chi connectivity index (χ3v) is 4.64. The molecule has 1 aromatic carbocycles. The maximum Gasteiger partial charge on any atom is 0.338 e. The zero-order valence-electron chi connectivity index (χ0n) is 13.5. The van der Waals surface area contributed by atoms with Crippen LogP contribution >= 0.6 is 0 Å². The summed E-state index contributed by atoms with van der Waals surface area (Å²) in [6.07, 6.45) is 5.42. The third kappa shape index (κ3) is 3.85. The molecule has 21 heavy (non-hydrogen) atoms. The van der Waals surface area contributed by atoms with Gasteiger partial charge in [-0.3, -0.25) is 0 Å². The van der Waals surface area contributed by atoms with Crippen molar-refractivity contribution in [3.63, 3.8) is 0 Å². The molecule has 0 amide bonds. The number of benzene rings is 1. The topological polar surface area (TPSA) is 29.5 Å². The van der Waals surface area contributed by atoms with Gasteiger partial charge in [-0.1, -0.05) is 31.5 Å². The van der Waals surface area contributed by atoms with Crippen molar-refractivity contribution in [1.82, 2.24) is 4.90 Å². The van der Waals surface area contributed by atoms with E-state index in [1.807, 2.05) is 30.3 Å². The Morgan fingerprint density at radius 1 is 1.29 bits per heavy atom. The van der Waals surface area contributed by atoms with E-state index in [4.69, 9.17) is 4.74 Å². The Morgan fingerprint density at radius 2 is 2.00 bits per heavy atom. The van der Waals surface area contributed by atoms with E-state index in [1.54, 1.807) is 0 Å². The molecule has 0 saturated heterocycles. The van der Waals surface area contributed by atoms with E-state index in [1.165, 1.54) is 6.42 Å². The predicted octanol–water partition coefficient (Wildman–Crippen LogP) is 3.74. The predicted molar refractivity (Wildman–Crippen MR) is 85.4 cm³/mol. The molecule has 1 aromatic rings. The molecule has 0 heterocycles. The standard InChI is InChI=1S/C18H27NO2/c1-4-18(13-9-8-12-16(18)14-19(2)3)21-17(20)15-10-6-5-7-11-15/h5-7,10-11,16H,4,8-9,12-14H2,1-3H3. The Morgan fingerprint density at radius 3 is 2.62 bits per heavy atom. The maximum atomic E-state index is 12.5. The van der Waals surface area contributed by atoms with E-state index in [0.29, 0.717) is 11.5 Å². The van der Waals surface area contributed by atoms with Crippen LogP contribution < -0.4 is 0 Å². The molecular formula is C18H27NO2. The fourth-order valence-corrected chi connectivity index (χ4v) is 3.47. The van der Waals surface area contributed by atoms with Gasteiger partial charge in [0.05, 0.1) is 5.56 Å². The second-order valence-corrected chi connectivity index (χ2v) is 6.38. The van der Waals surface area contributed by atoms with Crippen molar-refractivity contribution in [2.24, 2.45) is 5.92 Å². The van der Waals surface area contributed by atoms with Crippen LogP contribution in [0.15, 0.2) is 30.3 Å². The summed E-state index contributed by atoms with van der Waals surface area (Å²) in [4.78, 5) is 14.7. The zero-order chi connectivity index (χ0) is 15.3. The zero-order valence-corrected chi connectivity index (χ0v) is 13.5. The van der Waals surface area contributed by atoms with E-state index >= 15 is 0 Å². The molecule has 0 aromatic heterocycles. The lowest BCUT2D eigenvalue weighted by Crippen LogP contribution is -2.48. The summed E-state index contributed by atoms with van der Waals surface area (Å²) in [5.41, 5.74) is 0.356. The summed E-state index contributed by atoms with van der Waals surface area (Å²) in [6, 6.07) is 9.34. The third-order valence-electron chi connectivity index (χ3n) is 4.64. The summed E-state index contributed by atoms with van der Waals surface area (Å²) in [6.45, 7) is 3.13. The highest BCUT2D eigenvalue weighted by molar-refractivity contribution is 5.89. The minimum Gasteiger partial charge on any atom is -0.455 e. The molecule has 0 spiro atoms. The lowest BCUT2D eigenvalue weighted by molar-refractivity contribution is -0.0792. The number of carbonyl (C=O) groups is 1. The van der Waals surface area contributed by atoms with Gasteiger partial charge in [0.1, 0.15) is 5.60 Å². The average Bonchev–Trinajstić information content (AvgIpc) is 2.49. The SMILES string of the molecule is CCC1(OC(=O)c2ccccc2)CCCCC1CN(C)C. The number of esters is 1. The molecule has 1 aliphatic rings. The largest absolute Gasteiger partial charge is 0.455 e. The first-order valence-electron chi connectivity index (χ1n) is 8.00. The number of hydrogen-bond donors (Lipinski definition) is 0. The number of ether oxygens (including phenoxy) is 1. The van der Waals surface area contributed by atoms with Crippen LogP contribution in [0, 0.1) is 5.92 Å². The molecule has 1 saturated carbocycles. The van der Waals surface area contributed by atoms with Gasteiger partial charge in [0, 0.05) is 12.5 Å². The summed E-state index contributed by atoms with van der Waals surface area (Å²) in [5, 5.41) is 0. The number of carbonyl (C=O) groups excluding carboxylic acids is 1. The highest BCUT2D eigenvalue weighted by Gasteiger charge is 2.42. The van der Waals surface area contributed by atoms with Crippen LogP contribution in [0.3, 0.4) is 0 Å². The van der Waals surface area contributed by atoms with Gasteiger partial charge < -0.3 is 9.64 Å². The Bertz CT molecular complexity index is 458. The van der Waals surface area contributed by atoms with Crippen molar-refractivity contribution in [1.29, 1.82) is 0 Å². The van der Waals surface area contributed by atoms with E-state index in [9.17, 15) is 4.79 Å². The maximum absolute atomic E-state index is 12.5. The molecule has 1 fully saturated rings. The first-order valence-corrected chi connectivity index (χ1v) is 8.00. The minimum absolute atomic E-state index is 0.178. The molecule has 116 valence electrons. The lowest BCUT2D eigenvalue weighted by atomic mass is 9.73. The van der Waals surface area contributed by atoms with Gasteiger partial charge >= 0.3 is 5.97 Å². The van der Waals surface area contributed by atoms with Crippen LogP contribution in [-0.2, 0) is 4.74 Å². The molecule has 0 bridgehead atoms. The van der Waals surface area contributed by atoms with Crippen LogP contribution in [-0.4, -0.2) is 37.1 Å². The summed E-state index contributed by atoms with van der Waals surface area (Å²) >= 11 is 0. The monoisotopic (exact) mass is 289 g/mol. The Labute approximate surface area is 128 Å². The van der Waals surface area contributed by atoms with Crippen molar-refractivity contribution in [3.8, 4) is 0 Å². The van der Waals surface area contributed by atoms with Crippen LogP contribution in [0.2, 0.25) is 0 Å². The molecule has 2 atom stereocenters. The van der Waals surface area contributed by atoms with Gasteiger partial charge in [0.25, 0.3) is 0 Å². The van der Waals surface area contributed by atoms with Crippen molar-refractivity contribution in [2.45, 2.75) is 44.6 Å². The average molecular weight is 289 g/mol. The highest BCUT2D eigenvalue weighted by Crippen LogP contribution is 2.40. The Hall–Kier alpha value is -1.35. The molecule has 0 radical (unpaired) electrons. The van der Waals surface area contributed by atoms with Gasteiger partial charge in [0.15, 0.2) is 0 Å². The quantitative estimate of drug-likeness (QED) is 0.773. The molecule has 0 N–H and O–H groups in total. The lowest BCUT2D eigenvalue weighted by Gasteiger charge is -2.44. The normalized spacial score (nSPS) is 25.8. The van der Waals surface area contributed by atoms with Crippen molar-refractivity contribution in [2.75, 3.05) is 20.6 Å². The number of rotatable bonds is 5. The Kier molecular flexibility index (Phi) is 5.40. The van der Waals surface area contributed by atoms with Gasteiger partial charge in [-0.2, -0.15) is 0 Å². The minimum atomic E-state index is -0.296. The first kappa shape index (κ1) is 16.0. The summed E-state index contributed by atoms with van der Waals surface area (Å²) < 4.78 is 6.06. The van der Waals surface area contributed by atoms with Crippen LogP contribution in [0.5, 0.6) is 0 Å². The van der Waals surface area contributed by atoms with E-state index < -0.39 is 0 Å². The van der Waals surface area contributed by atoms with Gasteiger partial charge in [-0.15, -0.1) is 0 Å². The molecule has 2 unspecified atom stereocenters. The summed E-state index contributed by atoms with van der Waals surface area (Å²) in [5.74, 6) is 0.252. The Balaban J connectivity index is 2.16. The molecule has 3 heteroatoms. The van der Waals surface area contributed by atoms with Crippen molar-refractivity contribution < 1.29 is 9.53 Å². The van der Waals surface area contributed by atoms with Crippen LogP contribution in [0.1, 0.15) is 49.4 Å². The smallest absolute Gasteiger partial charge is 0.338 e. The molecule has 0 aliphatic heterocycles. The first-order chi connectivity index (χ1) is 10.1. The van der Waals surface area contributed by atoms with E-state index in [0.717, 1.165) is 32.2 Å². The molecule has 3 nitrogen and oxygen atoms in total. The molecule has 1 aliphatic carbocycles. The van der Waals surface area contributed by atoms with Gasteiger partial charge in [-0.05, 0) is 51.9 Å². The number of nitrogens with zero attached hydrogens (tertiary/aromatic N) is 1. The number of hydrogen-bond acceptors (Lipinski definition) is 3. The summed E-state index contributed by atoms with van der Waals surface area (Å²) in [7, 11) is 4.18. The second kappa shape index (κ2) is 7.08. The fourth-order valence-electron chi connectivity index (χ4n) is 3.47. The second-order valence-electron chi connectivity index (χ2n) is 6.38. The van der Waals surface area contributed by atoms with E-state index in [2.05, 4.69) is 25.9 Å². The molecule has 2 rings (SSSR count). The van der Waals surface area contributed by atoms with E-state index in [-0.39, 0.29) is 11.6 Å². The van der Waals surface area contributed by atoms with Crippen molar-refractivity contribution >= 4 is 5.97 Å². The fraction of sp³-hybridized carbons (Fsp3) is 0.611. The highest BCUT2D eigenvalue weighted by atomic mass is 16.6. The molecular weight excluding hydrogens is 262 g/mol. The van der Waals surface area contributed by atoms with Crippen molar-refractivity contribution in [3.05, 3.63) is 35.9 Å². The van der Waals surface area contributed by atoms with Gasteiger partial charge in [0.2, 0.25) is 0 Å².